The van der Waals surface area contributed by atoms with E-state index in [0.717, 1.165) is 64.6 Å². The second kappa shape index (κ2) is 11.9. The summed E-state index contributed by atoms with van der Waals surface area (Å²) in [6.07, 6.45) is 2.34. The molecule has 2 N–H and O–H groups in total. The Hall–Kier alpha value is -1.98. The number of nitrogen functional groups attached to an aromatic ring is 1. The van der Waals surface area contributed by atoms with Gasteiger partial charge in [-0.25, -0.2) is 4.39 Å². The number of rotatable bonds is 11. The standard InChI is InChI=1S/C28H38BrF4N5O/c1-17(9-5-6-12-37(3)4)15-18(2)19-20-24(23(30)22(29)21(19)28(31,32)33)35-26(36-25(20)34)39-16-27-10-7-13-38(27)14-8-11-27/h17H,2,5-16H2,1,3-4H3,(H2,34,35,36)/t17-/m1/s1. The molecule has 0 bridgehead atoms. The number of nitrogens with zero attached hydrogens (tertiary/aromatic N) is 4. The van der Waals surface area contributed by atoms with Crippen LogP contribution in [0.1, 0.15) is 69.4 Å². The summed E-state index contributed by atoms with van der Waals surface area (Å²) >= 11 is 2.88. The van der Waals surface area contributed by atoms with Gasteiger partial charge in [0, 0.05) is 5.56 Å². The van der Waals surface area contributed by atoms with Crippen LogP contribution in [-0.4, -0.2) is 65.6 Å². The SMILES string of the molecule is C=C(C[C@H](C)CCCCN(C)C)c1c(C(F)(F)F)c(Br)c(F)c2nc(OCC34CCCN3CCC4)nc(N)c12. The molecule has 1 atom stereocenters. The van der Waals surface area contributed by atoms with Crippen LogP contribution in [0.3, 0.4) is 0 Å². The highest BCUT2D eigenvalue weighted by atomic mass is 79.9. The molecule has 3 heterocycles. The average molecular weight is 617 g/mol. The molecular formula is C28H38BrF4N5O. The van der Waals surface area contributed by atoms with Gasteiger partial charge in [0.25, 0.3) is 0 Å². The van der Waals surface area contributed by atoms with Gasteiger partial charge in [0.05, 0.1) is 21.0 Å². The monoisotopic (exact) mass is 615 g/mol. The first-order valence-corrected chi connectivity index (χ1v) is 14.4. The van der Waals surface area contributed by atoms with Crippen molar-refractivity contribution in [2.24, 2.45) is 5.92 Å². The molecule has 1 aromatic carbocycles. The lowest BCUT2D eigenvalue weighted by atomic mass is 9.88. The summed E-state index contributed by atoms with van der Waals surface area (Å²) < 4.78 is 63.7. The summed E-state index contributed by atoms with van der Waals surface area (Å²) in [4.78, 5) is 12.9. The highest BCUT2D eigenvalue weighted by Gasteiger charge is 2.45. The van der Waals surface area contributed by atoms with Crippen LogP contribution >= 0.6 is 15.9 Å². The molecule has 2 fully saturated rings. The highest BCUT2D eigenvalue weighted by molar-refractivity contribution is 9.10. The Bertz CT molecular complexity index is 1210. The van der Waals surface area contributed by atoms with E-state index in [1.807, 2.05) is 21.0 Å². The van der Waals surface area contributed by atoms with Gasteiger partial charge in [-0.3, -0.25) is 4.90 Å². The second-order valence-electron chi connectivity index (χ2n) is 11.4. The number of fused-ring (bicyclic) bond motifs is 2. The van der Waals surface area contributed by atoms with E-state index >= 15 is 4.39 Å². The molecule has 2 aliphatic rings. The number of halogens is 5. The lowest BCUT2D eigenvalue weighted by Gasteiger charge is -2.31. The molecule has 0 unspecified atom stereocenters. The van der Waals surface area contributed by atoms with Gasteiger partial charge in [0.1, 0.15) is 17.9 Å². The molecule has 11 heteroatoms. The fraction of sp³-hybridized carbons (Fsp3) is 0.643. The number of ether oxygens (including phenoxy) is 1. The van der Waals surface area contributed by atoms with Crippen molar-refractivity contribution in [1.29, 1.82) is 0 Å². The van der Waals surface area contributed by atoms with Gasteiger partial charge in [-0.2, -0.15) is 23.1 Å². The summed E-state index contributed by atoms with van der Waals surface area (Å²) in [5.74, 6) is -1.33. The van der Waals surface area contributed by atoms with Gasteiger partial charge in [-0.1, -0.05) is 26.3 Å². The number of allylic oxidation sites excluding steroid dienone is 1. The van der Waals surface area contributed by atoms with Crippen molar-refractivity contribution in [3.63, 3.8) is 0 Å². The van der Waals surface area contributed by atoms with Crippen LogP contribution in [-0.2, 0) is 6.18 Å². The Morgan fingerprint density at radius 3 is 2.49 bits per heavy atom. The Morgan fingerprint density at radius 1 is 1.21 bits per heavy atom. The first-order valence-electron chi connectivity index (χ1n) is 13.6. The summed E-state index contributed by atoms with van der Waals surface area (Å²) in [6.45, 7) is 9.27. The zero-order valence-electron chi connectivity index (χ0n) is 22.9. The predicted molar refractivity (Wildman–Crippen MR) is 150 cm³/mol. The molecule has 2 aliphatic heterocycles. The number of alkyl halides is 3. The average Bonchev–Trinajstić information content (AvgIpc) is 3.42. The molecule has 2 aromatic rings. The molecule has 39 heavy (non-hydrogen) atoms. The maximum absolute atomic E-state index is 15.5. The number of hydrogen-bond acceptors (Lipinski definition) is 6. The Kier molecular flexibility index (Phi) is 9.12. The zero-order valence-corrected chi connectivity index (χ0v) is 24.5. The largest absolute Gasteiger partial charge is 0.461 e. The molecular weight excluding hydrogens is 578 g/mol. The molecule has 0 saturated carbocycles. The molecule has 216 valence electrons. The molecule has 0 amide bonds. The smallest absolute Gasteiger partial charge is 0.418 e. The molecule has 0 spiro atoms. The van der Waals surface area contributed by atoms with Crippen molar-refractivity contribution >= 4 is 38.2 Å². The minimum absolute atomic E-state index is 0.0735. The summed E-state index contributed by atoms with van der Waals surface area (Å²) in [5.41, 5.74) is 4.65. The van der Waals surface area contributed by atoms with Gasteiger partial charge in [-0.05, 0) is 99.7 Å². The van der Waals surface area contributed by atoms with Crippen molar-refractivity contribution in [2.45, 2.75) is 70.0 Å². The molecule has 1 aromatic heterocycles. The maximum atomic E-state index is 15.5. The van der Waals surface area contributed by atoms with Gasteiger partial charge in [0.2, 0.25) is 0 Å². The van der Waals surface area contributed by atoms with E-state index < -0.39 is 22.0 Å². The Balaban J connectivity index is 1.67. The first kappa shape index (κ1) is 30.0. The maximum Gasteiger partial charge on any atom is 0.418 e. The van der Waals surface area contributed by atoms with E-state index in [-0.39, 0.29) is 45.3 Å². The normalized spacial score (nSPS) is 18.2. The third kappa shape index (κ3) is 6.35. The summed E-state index contributed by atoms with van der Waals surface area (Å²) in [6, 6.07) is -0.135. The van der Waals surface area contributed by atoms with E-state index in [4.69, 9.17) is 10.5 Å². The van der Waals surface area contributed by atoms with E-state index in [1.54, 1.807) is 0 Å². The third-order valence-electron chi connectivity index (χ3n) is 8.10. The van der Waals surface area contributed by atoms with Crippen molar-refractivity contribution in [3.8, 4) is 6.01 Å². The first-order chi connectivity index (χ1) is 18.3. The lowest BCUT2D eigenvalue weighted by molar-refractivity contribution is -0.138. The van der Waals surface area contributed by atoms with E-state index in [9.17, 15) is 13.2 Å². The topological polar surface area (TPSA) is 67.5 Å². The minimum atomic E-state index is -4.85. The second-order valence-corrected chi connectivity index (χ2v) is 12.2. The Labute approximate surface area is 236 Å². The van der Waals surface area contributed by atoms with Crippen LogP contribution in [0.15, 0.2) is 11.1 Å². The predicted octanol–water partition coefficient (Wildman–Crippen LogP) is 6.91. The number of hydrogen-bond donors (Lipinski definition) is 1. The molecule has 0 radical (unpaired) electrons. The van der Waals surface area contributed by atoms with Crippen molar-refractivity contribution in [2.75, 3.05) is 46.1 Å². The summed E-state index contributed by atoms with van der Waals surface area (Å²) in [7, 11) is 4.00. The Morgan fingerprint density at radius 2 is 1.87 bits per heavy atom. The molecule has 2 saturated heterocycles. The van der Waals surface area contributed by atoms with Gasteiger partial charge < -0.3 is 15.4 Å². The van der Waals surface area contributed by atoms with Crippen molar-refractivity contribution in [3.05, 3.63) is 28.0 Å². The van der Waals surface area contributed by atoms with Gasteiger partial charge >= 0.3 is 12.2 Å². The van der Waals surface area contributed by atoms with Crippen LogP contribution in [0.5, 0.6) is 6.01 Å². The van der Waals surface area contributed by atoms with Crippen LogP contribution < -0.4 is 10.5 Å². The van der Waals surface area contributed by atoms with Gasteiger partial charge in [-0.15, -0.1) is 0 Å². The van der Waals surface area contributed by atoms with Crippen LogP contribution in [0, 0.1) is 11.7 Å². The molecule has 6 nitrogen and oxygen atoms in total. The number of benzene rings is 1. The van der Waals surface area contributed by atoms with Crippen LogP contribution in [0.2, 0.25) is 0 Å². The van der Waals surface area contributed by atoms with E-state index in [1.165, 1.54) is 0 Å². The van der Waals surface area contributed by atoms with E-state index in [0.29, 0.717) is 13.0 Å². The third-order valence-corrected chi connectivity index (χ3v) is 8.85. The number of nitrogens with two attached hydrogens (primary N) is 1. The molecule has 0 aliphatic carbocycles. The lowest BCUT2D eigenvalue weighted by Crippen LogP contribution is -2.43. The van der Waals surface area contributed by atoms with Crippen molar-refractivity contribution in [1.82, 2.24) is 19.8 Å². The van der Waals surface area contributed by atoms with Crippen molar-refractivity contribution < 1.29 is 22.3 Å². The quantitative estimate of drug-likeness (QED) is 0.219. The zero-order chi connectivity index (χ0) is 28.5. The minimum Gasteiger partial charge on any atom is -0.461 e. The number of aromatic nitrogens is 2. The van der Waals surface area contributed by atoms with Crippen LogP contribution in [0.4, 0.5) is 23.4 Å². The summed E-state index contributed by atoms with van der Waals surface area (Å²) in [5, 5.41) is -0.179. The fourth-order valence-electron chi connectivity index (χ4n) is 6.20. The van der Waals surface area contributed by atoms with E-state index in [2.05, 4.69) is 42.3 Å². The van der Waals surface area contributed by atoms with Gasteiger partial charge in [0.15, 0.2) is 5.82 Å². The molecule has 4 rings (SSSR count). The number of anilines is 1. The van der Waals surface area contributed by atoms with Crippen LogP contribution in [0.25, 0.3) is 16.5 Å². The highest BCUT2D eigenvalue weighted by Crippen LogP contribution is 2.47. The fourth-order valence-corrected chi connectivity index (χ4v) is 6.81. The number of unbranched alkanes of at least 4 members (excludes halogenated alkanes) is 1.